The van der Waals surface area contributed by atoms with Gasteiger partial charge >= 0.3 is 0 Å². The molecule has 1 aliphatic rings. The Kier molecular flexibility index (Phi) is 8.02. The Bertz CT molecular complexity index is 1250. The molecule has 1 atom stereocenters. The van der Waals surface area contributed by atoms with Crippen LogP contribution in [0.1, 0.15) is 44.4 Å². The number of thioether (sulfide) groups is 1. The van der Waals surface area contributed by atoms with Crippen molar-refractivity contribution in [3.05, 3.63) is 69.3 Å². The second-order valence-corrected chi connectivity index (χ2v) is 9.90. The molecule has 2 aromatic carbocycles. The monoisotopic (exact) mass is 557 g/mol. The molecule has 35 heavy (non-hydrogen) atoms. The highest BCUT2D eigenvalue weighted by Gasteiger charge is 2.34. The number of ether oxygens (including phenoxy) is 2. The third-order valence-corrected chi connectivity index (χ3v) is 7.04. The Hall–Kier alpha value is -2.98. The maximum absolute atomic E-state index is 12.5. The Morgan fingerprint density at radius 1 is 1.23 bits per heavy atom. The molecule has 1 aromatic heterocycles. The number of benzene rings is 2. The number of hydrogen-bond acceptors (Lipinski definition) is 7. The van der Waals surface area contributed by atoms with Crippen molar-refractivity contribution >= 4 is 39.5 Å². The molecule has 1 unspecified atom stereocenters. The fourth-order valence-electron chi connectivity index (χ4n) is 3.89. The molecule has 1 aliphatic heterocycles. The molecule has 8 nitrogen and oxygen atoms in total. The number of nitrogens with zero attached hydrogens (tertiary/aromatic N) is 3. The second-order valence-electron chi connectivity index (χ2n) is 7.98. The summed E-state index contributed by atoms with van der Waals surface area (Å²) in [6.07, 6.45) is 1.00. The van der Waals surface area contributed by atoms with E-state index in [2.05, 4.69) is 33.2 Å². The topological polar surface area (TPSA) is 104 Å². The second kappa shape index (κ2) is 11.2. The molecule has 0 fully saturated rings. The van der Waals surface area contributed by atoms with Gasteiger partial charge in [-0.05, 0) is 59.5 Å². The van der Waals surface area contributed by atoms with Gasteiger partial charge in [0.2, 0.25) is 17.0 Å². The third kappa shape index (κ3) is 5.48. The van der Waals surface area contributed by atoms with Crippen molar-refractivity contribution in [2.75, 3.05) is 17.7 Å². The first-order valence-electron chi connectivity index (χ1n) is 11.4. The van der Waals surface area contributed by atoms with Gasteiger partial charge < -0.3 is 20.5 Å². The zero-order valence-electron chi connectivity index (χ0n) is 19.9. The van der Waals surface area contributed by atoms with Gasteiger partial charge in [0.05, 0.1) is 16.7 Å². The zero-order valence-corrected chi connectivity index (χ0v) is 22.3. The molecule has 0 radical (unpaired) electrons. The van der Waals surface area contributed by atoms with Gasteiger partial charge in [0.25, 0.3) is 0 Å². The number of amides is 1. The third-order valence-electron chi connectivity index (χ3n) is 5.41. The lowest BCUT2D eigenvalue weighted by molar-refractivity contribution is -0.115. The maximum atomic E-state index is 12.5. The van der Waals surface area contributed by atoms with Crippen LogP contribution in [-0.4, -0.2) is 33.0 Å². The Labute approximate surface area is 217 Å². The van der Waals surface area contributed by atoms with Crippen molar-refractivity contribution < 1.29 is 14.3 Å². The number of anilines is 1. The van der Waals surface area contributed by atoms with Crippen LogP contribution in [0.3, 0.4) is 0 Å². The van der Waals surface area contributed by atoms with E-state index < -0.39 is 11.9 Å². The summed E-state index contributed by atoms with van der Waals surface area (Å²) in [4.78, 5) is 17.2. The number of halogens is 1. The van der Waals surface area contributed by atoms with Gasteiger partial charge in [-0.2, -0.15) is 4.98 Å². The summed E-state index contributed by atoms with van der Waals surface area (Å²) in [5, 5.41) is 8.52. The minimum Gasteiger partial charge on any atom is -0.490 e. The molecule has 0 spiro atoms. The van der Waals surface area contributed by atoms with Crippen molar-refractivity contribution in [2.45, 2.75) is 45.0 Å². The van der Waals surface area contributed by atoms with Crippen LogP contribution in [0, 0.1) is 0 Å². The number of carbonyl (C=O) groups excluding carboxylic acids is 1. The van der Waals surface area contributed by atoms with Crippen molar-refractivity contribution in [2.24, 2.45) is 5.73 Å². The summed E-state index contributed by atoms with van der Waals surface area (Å²) in [5.74, 6) is 2.09. The number of hydrogen-bond donors (Lipinski definition) is 2. The number of nitrogens with two attached hydrogens (primary N) is 1. The van der Waals surface area contributed by atoms with Crippen LogP contribution in [0.5, 0.6) is 11.5 Å². The van der Waals surface area contributed by atoms with E-state index in [0.717, 1.165) is 23.3 Å². The van der Waals surface area contributed by atoms with Crippen LogP contribution in [0.2, 0.25) is 0 Å². The summed E-state index contributed by atoms with van der Waals surface area (Å²) >= 11 is 5.23. The van der Waals surface area contributed by atoms with Crippen molar-refractivity contribution in [3.63, 3.8) is 0 Å². The van der Waals surface area contributed by atoms with Gasteiger partial charge in [-0.25, -0.2) is 4.68 Å². The SMILES string of the molecule is CCCSc1nc2n(n1)C(c1cc(Br)c(OCc3ccccc3)c(OCC)c1)C(C(N)=O)=C(C)N2. The number of nitrogens with one attached hydrogen (secondary N) is 1. The highest BCUT2D eigenvalue weighted by molar-refractivity contribution is 9.10. The highest BCUT2D eigenvalue weighted by atomic mass is 79.9. The molecule has 184 valence electrons. The summed E-state index contributed by atoms with van der Waals surface area (Å²) in [6, 6.07) is 13.2. The number of allylic oxidation sites excluding steroid dienone is 1. The minimum atomic E-state index is -0.564. The van der Waals surface area contributed by atoms with Gasteiger partial charge in [-0.3, -0.25) is 4.79 Å². The van der Waals surface area contributed by atoms with Crippen LogP contribution in [0.15, 0.2) is 63.4 Å². The van der Waals surface area contributed by atoms with Gasteiger partial charge in [0.1, 0.15) is 12.6 Å². The first-order chi connectivity index (χ1) is 16.9. The van der Waals surface area contributed by atoms with E-state index in [1.807, 2.05) is 56.3 Å². The fraction of sp³-hybridized carbons (Fsp3) is 0.320. The number of aromatic nitrogens is 3. The van der Waals surface area contributed by atoms with Crippen molar-refractivity contribution in [3.8, 4) is 11.5 Å². The van der Waals surface area contributed by atoms with E-state index in [4.69, 9.17) is 20.3 Å². The Morgan fingerprint density at radius 3 is 2.69 bits per heavy atom. The molecule has 2 heterocycles. The van der Waals surface area contributed by atoms with E-state index >= 15 is 0 Å². The highest BCUT2D eigenvalue weighted by Crippen LogP contribution is 2.43. The average Bonchev–Trinajstić information content (AvgIpc) is 3.24. The Balaban J connectivity index is 1.76. The first-order valence-corrected chi connectivity index (χ1v) is 13.2. The van der Waals surface area contributed by atoms with E-state index in [-0.39, 0.29) is 0 Å². The molecule has 10 heteroatoms. The van der Waals surface area contributed by atoms with Crippen LogP contribution >= 0.6 is 27.7 Å². The predicted octanol–water partition coefficient (Wildman–Crippen LogP) is 5.29. The predicted molar refractivity (Wildman–Crippen MR) is 141 cm³/mol. The molecule has 3 N–H and O–H groups in total. The summed E-state index contributed by atoms with van der Waals surface area (Å²) in [6.45, 7) is 6.68. The molecule has 0 saturated carbocycles. The van der Waals surface area contributed by atoms with E-state index in [0.29, 0.717) is 51.6 Å². The van der Waals surface area contributed by atoms with Gasteiger partial charge in [0, 0.05) is 11.4 Å². The van der Waals surface area contributed by atoms with Crippen LogP contribution in [0.4, 0.5) is 5.95 Å². The summed E-state index contributed by atoms with van der Waals surface area (Å²) in [5.41, 5.74) is 8.72. The largest absolute Gasteiger partial charge is 0.490 e. The first kappa shape index (κ1) is 25.1. The van der Waals surface area contributed by atoms with Crippen molar-refractivity contribution in [1.82, 2.24) is 14.8 Å². The number of carbonyl (C=O) groups is 1. The molecule has 3 aromatic rings. The van der Waals surface area contributed by atoms with E-state index in [9.17, 15) is 4.79 Å². The zero-order chi connectivity index (χ0) is 24.9. The van der Waals surface area contributed by atoms with Crippen LogP contribution in [0.25, 0.3) is 0 Å². The minimum absolute atomic E-state index is 0.392. The lowest BCUT2D eigenvalue weighted by Gasteiger charge is -2.28. The quantitative estimate of drug-likeness (QED) is 0.326. The molecule has 1 amide bonds. The molecule has 0 saturated heterocycles. The summed E-state index contributed by atoms with van der Waals surface area (Å²) < 4.78 is 14.5. The standard InChI is InChI=1S/C25H28BrN5O3S/c1-4-11-35-25-29-24-28-15(3)20(23(27)32)21(31(24)30-25)17-12-18(26)22(19(13-17)33-5-2)34-14-16-9-7-6-8-10-16/h6-10,12-13,21H,4-5,11,14H2,1-3H3,(H2,27,32)(H,28,29,30). The molecular formula is C25H28BrN5O3S. The van der Waals surface area contributed by atoms with Crippen LogP contribution in [-0.2, 0) is 11.4 Å². The number of rotatable bonds is 10. The average molecular weight is 559 g/mol. The van der Waals surface area contributed by atoms with Gasteiger partial charge in [0.15, 0.2) is 11.5 Å². The molecule has 0 bridgehead atoms. The summed E-state index contributed by atoms with van der Waals surface area (Å²) in [7, 11) is 0. The van der Waals surface area contributed by atoms with Crippen LogP contribution < -0.4 is 20.5 Å². The number of primary amides is 1. The van der Waals surface area contributed by atoms with Crippen molar-refractivity contribution in [1.29, 1.82) is 0 Å². The Morgan fingerprint density at radius 2 is 2.00 bits per heavy atom. The molecule has 0 aliphatic carbocycles. The lowest BCUT2D eigenvalue weighted by Crippen LogP contribution is -2.32. The smallest absolute Gasteiger partial charge is 0.248 e. The van der Waals surface area contributed by atoms with E-state index in [1.54, 1.807) is 16.4 Å². The number of fused-ring (bicyclic) bond motifs is 1. The van der Waals surface area contributed by atoms with E-state index in [1.165, 1.54) is 0 Å². The molecule has 4 rings (SSSR count). The fourth-order valence-corrected chi connectivity index (χ4v) is 5.15. The maximum Gasteiger partial charge on any atom is 0.248 e. The normalized spacial score (nSPS) is 14.9. The van der Waals surface area contributed by atoms with Gasteiger partial charge in [-0.15, -0.1) is 5.10 Å². The van der Waals surface area contributed by atoms with Gasteiger partial charge in [-0.1, -0.05) is 49.0 Å². The molecular weight excluding hydrogens is 530 g/mol. The lowest BCUT2D eigenvalue weighted by atomic mass is 9.95.